The molecule has 0 radical (unpaired) electrons. The Kier molecular flexibility index (Phi) is 18.4. The molecule has 3 aromatic carbocycles. The van der Waals surface area contributed by atoms with Crippen LogP contribution < -0.4 is 10.6 Å². The molecule has 2 N–H and O–H groups in total. The topological polar surface area (TPSA) is 99.1 Å². The van der Waals surface area contributed by atoms with Gasteiger partial charge in [0.1, 0.15) is 6.29 Å². The average molecular weight is 604 g/mol. The molecule has 1 fully saturated rings. The number of ketones is 1. The molecule has 234 valence electrons. The predicted molar refractivity (Wildman–Crippen MR) is 186 cm³/mol. The third kappa shape index (κ3) is 14.4. The standard InChI is InChI=1S/C14H15N.C12H14N2.C9H10O.C4H6O2/c1-15-14(8-9-14)13-7-6-11-4-2-3-5-12(11)10-13;1-11(8-5-9-14-3)6-4-7-12(2)10-13;1-2-8-5-3-4-6-9(8)7-10;1-2-4(6)3-5/h2-7,10,15H,8-9H2,1H3;4,6-7,14H,1,9H2,2-3H3;3-7H,2H2,1H3;3H,2H2,1H3/b;6-4-,12-7+;;. The van der Waals surface area contributed by atoms with Gasteiger partial charge in [0.05, 0.1) is 12.6 Å². The zero-order valence-corrected chi connectivity index (χ0v) is 27.2. The van der Waals surface area contributed by atoms with E-state index in [1.807, 2.05) is 44.3 Å². The molecular formula is C39H45N3O3. The number of fused-ring (bicyclic) bond motifs is 1. The number of carbonyl (C=O) groups is 3. The van der Waals surface area contributed by atoms with E-state index in [2.05, 4.69) is 78.6 Å². The zero-order chi connectivity index (χ0) is 33.5. The van der Waals surface area contributed by atoms with E-state index in [9.17, 15) is 14.4 Å². The molecule has 0 bridgehead atoms. The van der Waals surface area contributed by atoms with E-state index in [-0.39, 0.29) is 11.3 Å². The third-order valence-corrected chi connectivity index (χ3v) is 6.91. The maximum atomic E-state index is 10.4. The number of benzene rings is 3. The first-order chi connectivity index (χ1) is 21.7. The Morgan fingerprint density at radius 1 is 1.00 bits per heavy atom. The van der Waals surface area contributed by atoms with Crippen LogP contribution in [0.1, 0.15) is 61.5 Å². The second kappa shape index (κ2) is 21.8. The van der Waals surface area contributed by atoms with Crippen molar-refractivity contribution in [1.29, 1.82) is 5.26 Å². The fourth-order valence-electron chi connectivity index (χ4n) is 3.98. The van der Waals surface area contributed by atoms with Crippen molar-refractivity contribution in [3.8, 4) is 17.9 Å². The van der Waals surface area contributed by atoms with Gasteiger partial charge in [0.2, 0.25) is 0 Å². The Bertz CT molecular complexity index is 1580. The van der Waals surface area contributed by atoms with E-state index in [4.69, 9.17) is 5.26 Å². The number of aryl methyl sites for hydroxylation is 1. The largest absolute Gasteiger partial charge is 0.310 e. The molecular weight excluding hydrogens is 558 g/mol. The molecule has 1 aliphatic rings. The monoisotopic (exact) mass is 603 g/mol. The average Bonchev–Trinajstić information content (AvgIpc) is 3.90. The highest BCUT2D eigenvalue weighted by Gasteiger charge is 2.42. The SMILES string of the molecule is C=C(C#CCNC)/C=C\C=C(/C)C#N.CCC(=O)C=O.CCc1ccccc1C=O.CNC1(c2ccc3ccccc3c2)CC1. The molecule has 1 saturated carbocycles. The molecule has 0 aliphatic heterocycles. The Balaban J connectivity index is 0.000000315. The first-order valence-corrected chi connectivity index (χ1v) is 15.0. The van der Waals surface area contributed by atoms with Crippen LogP contribution in [0.25, 0.3) is 10.8 Å². The van der Waals surface area contributed by atoms with Crippen LogP contribution in [0.4, 0.5) is 0 Å². The van der Waals surface area contributed by atoms with Gasteiger partial charge in [0, 0.05) is 28.7 Å². The summed E-state index contributed by atoms with van der Waals surface area (Å²) in [6, 6.07) is 25.0. The predicted octanol–water partition coefficient (Wildman–Crippen LogP) is 7.07. The van der Waals surface area contributed by atoms with Crippen molar-refractivity contribution >= 4 is 29.1 Å². The van der Waals surface area contributed by atoms with Gasteiger partial charge in [-0.1, -0.05) is 99.0 Å². The van der Waals surface area contributed by atoms with Crippen molar-refractivity contribution in [3.63, 3.8) is 0 Å². The lowest BCUT2D eigenvalue weighted by atomic mass is 10.0. The molecule has 0 unspecified atom stereocenters. The molecule has 0 aromatic heterocycles. The van der Waals surface area contributed by atoms with Gasteiger partial charge in [0.15, 0.2) is 12.1 Å². The van der Waals surface area contributed by atoms with Crippen molar-refractivity contribution in [2.45, 2.75) is 52.0 Å². The van der Waals surface area contributed by atoms with Gasteiger partial charge in [-0.3, -0.25) is 14.4 Å². The number of allylic oxidation sites excluding steroid dienone is 5. The molecule has 0 spiro atoms. The number of aldehydes is 2. The van der Waals surface area contributed by atoms with Crippen LogP contribution in [0, 0.1) is 23.2 Å². The van der Waals surface area contributed by atoms with Crippen LogP contribution in [0.5, 0.6) is 0 Å². The maximum Gasteiger partial charge on any atom is 0.194 e. The molecule has 3 aromatic rings. The minimum atomic E-state index is -0.338. The smallest absolute Gasteiger partial charge is 0.194 e. The van der Waals surface area contributed by atoms with Gasteiger partial charge in [-0.2, -0.15) is 5.26 Å². The van der Waals surface area contributed by atoms with Crippen molar-refractivity contribution in [1.82, 2.24) is 10.6 Å². The Hall–Kier alpha value is -4.88. The van der Waals surface area contributed by atoms with Crippen LogP contribution >= 0.6 is 0 Å². The lowest BCUT2D eigenvalue weighted by Crippen LogP contribution is -2.24. The Morgan fingerprint density at radius 2 is 1.67 bits per heavy atom. The zero-order valence-electron chi connectivity index (χ0n) is 27.2. The molecule has 6 nitrogen and oxygen atoms in total. The number of carbonyl (C=O) groups excluding carboxylic acids is 3. The highest BCUT2D eigenvalue weighted by Crippen LogP contribution is 2.45. The van der Waals surface area contributed by atoms with Gasteiger partial charge >= 0.3 is 0 Å². The number of Topliss-reactive ketones (excluding diaryl/α,β-unsaturated/α-hetero) is 1. The fraction of sp³-hybridized carbons (Fsp3) is 0.282. The second-order valence-electron chi connectivity index (χ2n) is 10.2. The maximum absolute atomic E-state index is 10.4. The Labute approximate surface area is 268 Å². The first-order valence-electron chi connectivity index (χ1n) is 15.0. The van der Waals surface area contributed by atoms with Gasteiger partial charge in [-0.05, 0) is 80.4 Å². The minimum absolute atomic E-state index is 0.282. The summed E-state index contributed by atoms with van der Waals surface area (Å²) < 4.78 is 0. The normalized spacial score (nSPS) is 12.3. The minimum Gasteiger partial charge on any atom is -0.310 e. The highest BCUT2D eigenvalue weighted by molar-refractivity contribution is 6.24. The number of nitriles is 1. The number of hydrogen-bond donors (Lipinski definition) is 2. The van der Waals surface area contributed by atoms with Crippen molar-refractivity contribution in [2.75, 3.05) is 20.6 Å². The van der Waals surface area contributed by atoms with E-state index >= 15 is 0 Å². The summed E-state index contributed by atoms with van der Waals surface area (Å²) in [6.45, 7) is 9.84. The summed E-state index contributed by atoms with van der Waals surface area (Å²) >= 11 is 0. The Morgan fingerprint density at radius 3 is 2.18 bits per heavy atom. The lowest BCUT2D eigenvalue weighted by Gasteiger charge is -2.15. The highest BCUT2D eigenvalue weighted by atomic mass is 16.2. The molecule has 0 saturated heterocycles. The van der Waals surface area contributed by atoms with E-state index in [0.717, 1.165) is 29.4 Å². The van der Waals surface area contributed by atoms with Crippen LogP contribution in [-0.2, 0) is 21.5 Å². The molecule has 0 atom stereocenters. The van der Waals surface area contributed by atoms with E-state index in [0.29, 0.717) is 24.8 Å². The van der Waals surface area contributed by atoms with Crippen molar-refractivity contribution < 1.29 is 14.4 Å². The molecule has 6 heteroatoms. The summed E-state index contributed by atoms with van der Waals surface area (Å²) in [5, 5.41) is 17.5. The van der Waals surface area contributed by atoms with Crippen molar-refractivity contribution in [3.05, 3.63) is 119 Å². The number of rotatable bonds is 9. The third-order valence-electron chi connectivity index (χ3n) is 6.91. The van der Waals surface area contributed by atoms with Gasteiger partial charge in [0.25, 0.3) is 0 Å². The molecule has 0 amide bonds. The lowest BCUT2D eigenvalue weighted by molar-refractivity contribution is -0.129. The van der Waals surface area contributed by atoms with Crippen LogP contribution in [0.15, 0.2) is 103 Å². The van der Waals surface area contributed by atoms with Gasteiger partial charge in [-0.25, -0.2) is 0 Å². The van der Waals surface area contributed by atoms with Crippen LogP contribution in [0.2, 0.25) is 0 Å². The van der Waals surface area contributed by atoms with Crippen molar-refractivity contribution in [2.24, 2.45) is 0 Å². The molecule has 0 heterocycles. The quantitative estimate of drug-likeness (QED) is 0.0893. The molecule has 1 aliphatic carbocycles. The van der Waals surface area contributed by atoms with E-state index < -0.39 is 0 Å². The summed E-state index contributed by atoms with van der Waals surface area (Å²) in [7, 11) is 3.90. The van der Waals surface area contributed by atoms with Crippen LogP contribution in [0.3, 0.4) is 0 Å². The van der Waals surface area contributed by atoms with Crippen LogP contribution in [-0.4, -0.2) is 39.0 Å². The summed E-state index contributed by atoms with van der Waals surface area (Å²) in [5.74, 6) is 5.42. The number of nitrogens with zero attached hydrogens (tertiary/aromatic N) is 1. The van der Waals surface area contributed by atoms with E-state index in [1.54, 1.807) is 32.1 Å². The van der Waals surface area contributed by atoms with Gasteiger partial charge in [-0.15, -0.1) is 0 Å². The second-order valence-corrected chi connectivity index (χ2v) is 10.2. The summed E-state index contributed by atoms with van der Waals surface area (Å²) in [5.41, 5.74) is 5.05. The molecule has 4 rings (SSSR count). The first kappa shape index (κ1) is 38.1. The van der Waals surface area contributed by atoms with Gasteiger partial charge < -0.3 is 10.6 Å². The fourth-order valence-corrected chi connectivity index (χ4v) is 3.98. The summed E-state index contributed by atoms with van der Waals surface area (Å²) in [6.07, 6.45) is 10.3. The number of hydrogen-bond acceptors (Lipinski definition) is 6. The summed E-state index contributed by atoms with van der Waals surface area (Å²) in [4.78, 5) is 29.6. The molecule has 45 heavy (non-hydrogen) atoms. The van der Waals surface area contributed by atoms with E-state index in [1.165, 1.54) is 29.2 Å². The number of nitrogens with one attached hydrogen (secondary N) is 2.